The fraction of sp³-hybridized carbons (Fsp3) is 0.615. The van der Waals surface area contributed by atoms with E-state index in [-0.39, 0.29) is 55.1 Å². The van der Waals surface area contributed by atoms with Gasteiger partial charge in [-0.25, -0.2) is 0 Å². The van der Waals surface area contributed by atoms with Crippen molar-refractivity contribution in [2.45, 2.75) is 64.8 Å². The minimum Gasteiger partial charge on any atom is -0.491 e. The Morgan fingerprint density at radius 3 is 2.42 bits per heavy atom. The summed E-state index contributed by atoms with van der Waals surface area (Å²) in [6.45, 7) is 8.86. The molecule has 0 aliphatic carbocycles. The molecule has 0 radical (unpaired) electrons. The summed E-state index contributed by atoms with van der Waals surface area (Å²) in [7, 11) is 1.66. The molecule has 1 aromatic carbocycles. The molecule has 36 heavy (non-hydrogen) atoms. The summed E-state index contributed by atoms with van der Waals surface area (Å²) in [5, 5.41) is 5.56. The van der Waals surface area contributed by atoms with Crippen LogP contribution in [0.2, 0.25) is 0 Å². The van der Waals surface area contributed by atoms with Crippen molar-refractivity contribution in [2.24, 2.45) is 5.92 Å². The van der Waals surface area contributed by atoms with Crippen molar-refractivity contribution in [1.82, 2.24) is 20.4 Å². The van der Waals surface area contributed by atoms with E-state index < -0.39 is 23.9 Å². The smallest absolute Gasteiger partial charge is 0.255 e. The zero-order valence-corrected chi connectivity index (χ0v) is 21.8. The highest BCUT2D eigenvalue weighted by molar-refractivity contribution is 6.01. The SMILES string of the molecule is CC(C)C[C@H]1NC(=O)C[C@@H](C(=O)N2C[C@@H](C)O[C@@H](C)C2)NC(=O)c2ccccc2OCCN(C)C1=O. The number of para-hydroxylation sites is 1. The molecule has 10 heteroatoms. The molecule has 2 N–H and O–H groups in total. The van der Waals surface area contributed by atoms with Crippen LogP contribution in [0.3, 0.4) is 0 Å². The molecular formula is C26H38N4O6. The molecule has 0 aromatic heterocycles. The Bertz CT molecular complexity index is 958. The van der Waals surface area contributed by atoms with Crippen LogP contribution in [0.25, 0.3) is 0 Å². The van der Waals surface area contributed by atoms with Crippen molar-refractivity contribution in [2.75, 3.05) is 33.3 Å². The van der Waals surface area contributed by atoms with Crippen LogP contribution in [-0.2, 0) is 19.1 Å². The summed E-state index contributed by atoms with van der Waals surface area (Å²) in [6, 6.07) is 4.86. The third-order valence-electron chi connectivity index (χ3n) is 6.26. The topological polar surface area (TPSA) is 117 Å². The molecule has 3 rings (SSSR count). The lowest BCUT2D eigenvalue weighted by atomic mass is 10.0. The van der Waals surface area contributed by atoms with Crippen LogP contribution < -0.4 is 15.4 Å². The third kappa shape index (κ3) is 7.19. The van der Waals surface area contributed by atoms with Crippen LogP contribution in [0.4, 0.5) is 0 Å². The van der Waals surface area contributed by atoms with Gasteiger partial charge in [0.25, 0.3) is 5.91 Å². The standard InChI is InChI=1S/C26H38N4O6/c1-16(2)12-20-25(33)29(5)10-11-35-22-9-7-6-8-19(22)24(32)28-21(13-23(31)27-20)26(34)30-14-17(3)36-18(4)15-30/h6-9,16-18,20-21H,10-15H2,1-5H3,(H,27,31)(H,28,32)/t17-,18+,20-,21+/m1/s1. The van der Waals surface area contributed by atoms with Gasteiger partial charge >= 0.3 is 0 Å². The number of rotatable bonds is 3. The highest BCUT2D eigenvalue weighted by atomic mass is 16.5. The van der Waals surface area contributed by atoms with Gasteiger partial charge in [0.1, 0.15) is 24.4 Å². The van der Waals surface area contributed by atoms with Gasteiger partial charge in [-0.05, 0) is 38.3 Å². The third-order valence-corrected chi connectivity index (χ3v) is 6.26. The van der Waals surface area contributed by atoms with Crippen LogP contribution in [0, 0.1) is 5.92 Å². The second kappa shape index (κ2) is 12.2. The van der Waals surface area contributed by atoms with Crippen LogP contribution in [0.15, 0.2) is 24.3 Å². The predicted molar refractivity (Wildman–Crippen MR) is 133 cm³/mol. The second-order valence-corrected chi connectivity index (χ2v) is 10.1. The lowest BCUT2D eigenvalue weighted by molar-refractivity contribution is -0.146. The molecule has 2 aliphatic rings. The van der Waals surface area contributed by atoms with Crippen molar-refractivity contribution in [3.8, 4) is 5.75 Å². The van der Waals surface area contributed by atoms with Crippen molar-refractivity contribution in [3.63, 3.8) is 0 Å². The molecule has 4 amide bonds. The van der Waals surface area contributed by atoms with E-state index in [1.165, 1.54) is 4.90 Å². The zero-order chi connectivity index (χ0) is 26.4. The largest absolute Gasteiger partial charge is 0.491 e. The first-order valence-electron chi connectivity index (χ1n) is 12.6. The van der Waals surface area contributed by atoms with Crippen molar-refractivity contribution in [1.29, 1.82) is 0 Å². The predicted octanol–water partition coefficient (Wildman–Crippen LogP) is 1.19. The van der Waals surface area contributed by atoms with E-state index in [1.807, 2.05) is 27.7 Å². The molecule has 0 bridgehead atoms. The summed E-state index contributed by atoms with van der Waals surface area (Å²) in [6.07, 6.45) is -0.182. The Hall–Kier alpha value is -3.14. The van der Waals surface area contributed by atoms with Gasteiger partial charge in [-0.1, -0.05) is 26.0 Å². The molecule has 0 saturated carbocycles. The van der Waals surface area contributed by atoms with Gasteiger partial charge in [0.2, 0.25) is 17.7 Å². The van der Waals surface area contributed by atoms with Crippen LogP contribution in [0.5, 0.6) is 5.75 Å². The number of hydrogen-bond donors (Lipinski definition) is 2. The Morgan fingerprint density at radius 1 is 1.08 bits per heavy atom. The van der Waals surface area contributed by atoms with Crippen LogP contribution in [-0.4, -0.2) is 91.0 Å². The summed E-state index contributed by atoms with van der Waals surface area (Å²) in [4.78, 5) is 56.2. The average molecular weight is 503 g/mol. The summed E-state index contributed by atoms with van der Waals surface area (Å²) in [5.74, 6) is -1.08. The number of fused-ring (bicyclic) bond motifs is 1. The molecule has 2 heterocycles. The number of likely N-dealkylation sites (N-methyl/N-ethyl adjacent to an activating group) is 1. The first kappa shape index (κ1) is 27.4. The lowest BCUT2D eigenvalue weighted by Gasteiger charge is -2.37. The first-order valence-corrected chi connectivity index (χ1v) is 12.6. The normalized spacial score (nSPS) is 26.4. The number of carbonyl (C=O) groups is 4. The molecule has 1 saturated heterocycles. The molecule has 2 aliphatic heterocycles. The number of hydrogen-bond acceptors (Lipinski definition) is 6. The number of carbonyl (C=O) groups excluding carboxylic acids is 4. The maximum absolute atomic E-state index is 13.5. The number of morpholine rings is 1. The van der Waals surface area contributed by atoms with E-state index in [1.54, 1.807) is 36.2 Å². The minimum atomic E-state index is -1.11. The van der Waals surface area contributed by atoms with E-state index in [0.717, 1.165) is 0 Å². The summed E-state index contributed by atoms with van der Waals surface area (Å²) >= 11 is 0. The quantitative estimate of drug-likeness (QED) is 0.641. The van der Waals surface area contributed by atoms with Gasteiger partial charge < -0.3 is 29.9 Å². The molecule has 198 valence electrons. The zero-order valence-electron chi connectivity index (χ0n) is 21.8. The Kier molecular flexibility index (Phi) is 9.31. The van der Waals surface area contributed by atoms with Gasteiger partial charge in [-0.15, -0.1) is 0 Å². The highest BCUT2D eigenvalue weighted by Crippen LogP contribution is 2.20. The number of ether oxygens (including phenoxy) is 2. The first-order chi connectivity index (χ1) is 17.0. The van der Waals surface area contributed by atoms with E-state index in [2.05, 4.69) is 10.6 Å². The fourth-order valence-electron chi connectivity index (χ4n) is 4.59. The number of nitrogens with zero attached hydrogens (tertiary/aromatic N) is 2. The molecule has 1 aromatic rings. The summed E-state index contributed by atoms with van der Waals surface area (Å²) < 4.78 is 11.6. The second-order valence-electron chi connectivity index (χ2n) is 10.1. The van der Waals surface area contributed by atoms with Gasteiger partial charge in [0, 0.05) is 20.1 Å². The monoisotopic (exact) mass is 502 g/mol. The molecule has 4 atom stereocenters. The van der Waals surface area contributed by atoms with Crippen molar-refractivity contribution < 1.29 is 28.7 Å². The lowest BCUT2D eigenvalue weighted by Crippen LogP contribution is -2.57. The van der Waals surface area contributed by atoms with E-state index in [9.17, 15) is 19.2 Å². The van der Waals surface area contributed by atoms with E-state index in [0.29, 0.717) is 25.3 Å². The van der Waals surface area contributed by atoms with Crippen molar-refractivity contribution in [3.05, 3.63) is 29.8 Å². The van der Waals surface area contributed by atoms with Crippen LogP contribution in [0.1, 0.15) is 50.9 Å². The molecule has 0 spiro atoms. The van der Waals surface area contributed by atoms with Gasteiger partial charge in [-0.3, -0.25) is 19.2 Å². The Morgan fingerprint density at radius 2 is 1.75 bits per heavy atom. The van der Waals surface area contributed by atoms with Gasteiger partial charge in [0.15, 0.2) is 0 Å². The summed E-state index contributed by atoms with van der Waals surface area (Å²) in [5.41, 5.74) is 0.253. The number of amides is 4. The minimum absolute atomic E-state index is 0.156. The molecule has 1 fully saturated rings. The van der Waals surface area contributed by atoms with E-state index >= 15 is 0 Å². The molecule has 10 nitrogen and oxygen atoms in total. The highest BCUT2D eigenvalue weighted by Gasteiger charge is 2.34. The van der Waals surface area contributed by atoms with E-state index in [4.69, 9.17) is 9.47 Å². The average Bonchev–Trinajstić information content (AvgIpc) is 2.81. The Balaban J connectivity index is 1.93. The van der Waals surface area contributed by atoms with Gasteiger partial charge in [0.05, 0.1) is 30.7 Å². The maximum atomic E-state index is 13.5. The number of nitrogens with one attached hydrogen (secondary N) is 2. The molecule has 0 unspecified atom stereocenters. The fourth-order valence-corrected chi connectivity index (χ4v) is 4.59. The Labute approximate surface area is 212 Å². The number of benzene rings is 1. The van der Waals surface area contributed by atoms with Crippen molar-refractivity contribution >= 4 is 23.6 Å². The van der Waals surface area contributed by atoms with Crippen LogP contribution >= 0.6 is 0 Å². The molecular weight excluding hydrogens is 464 g/mol. The van der Waals surface area contributed by atoms with Gasteiger partial charge in [-0.2, -0.15) is 0 Å². The maximum Gasteiger partial charge on any atom is 0.255 e.